The first-order valence-corrected chi connectivity index (χ1v) is 8.14. The zero-order valence-corrected chi connectivity index (χ0v) is 14.1. The van der Waals surface area contributed by atoms with Gasteiger partial charge in [0.1, 0.15) is 11.5 Å². The maximum absolute atomic E-state index is 5.94. The fraction of sp³-hybridized carbons (Fsp3) is 0.250. The molecule has 4 nitrogen and oxygen atoms in total. The molecule has 3 rings (SSSR count). The largest absolute Gasteiger partial charge is 0.460 e. The summed E-state index contributed by atoms with van der Waals surface area (Å²) >= 11 is 0. The minimum absolute atomic E-state index is 0.258. The smallest absolute Gasteiger partial charge is 0.135 e. The molecule has 0 aliphatic carbocycles. The molecule has 4 heteroatoms. The molecule has 3 aromatic rings. The molecule has 0 spiro atoms. The van der Waals surface area contributed by atoms with Crippen molar-refractivity contribution < 1.29 is 4.42 Å². The number of likely N-dealkylation sites (N-methyl/N-ethyl adjacent to an activating group) is 1. The van der Waals surface area contributed by atoms with E-state index in [1.165, 1.54) is 5.56 Å². The van der Waals surface area contributed by atoms with Crippen molar-refractivity contribution in [2.45, 2.75) is 12.6 Å². The monoisotopic (exact) mass is 321 g/mol. The summed E-state index contributed by atoms with van der Waals surface area (Å²) in [5, 5.41) is 3.60. The molecular weight excluding hydrogens is 298 g/mol. The van der Waals surface area contributed by atoms with Crippen LogP contribution >= 0.6 is 0 Å². The van der Waals surface area contributed by atoms with Gasteiger partial charge in [0, 0.05) is 30.5 Å². The van der Waals surface area contributed by atoms with Gasteiger partial charge in [-0.1, -0.05) is 30.3 Å². The van der Waals surface area contributed by atoms with Crippen molar-refractivity contribution in [2.24, 2.45) is 0 Å². The molecule has 1 aromatic carbocycles. The molecule has 1 unspecified atom stereocenters. The van der Waals surface area contributed by atoms with Gasteiger partial charge in [-0.25, -0.2) is 0 Å². The average Bonchev–Trinajstić information content (AvgIpc) is 3.09. The summed E-state index contributed by atoms with van der Waals surface area (Å²) in [4.78, 5) is 6.32. The Kier molecular flexibility index (Phi) is 5.41. The fourth-order valence-corrected chi connectivity index (χ4v) is 2.70. The summed E-state index contributed by atoms with van der Waals surface area (Å²) in [5.41, 5.74) is 2.28. The standard InChI is InChI=1S/C20H23N3O/c1-23(2)15-19(16-7-4-3-5-8-16)22-14-18-10-11-20(24-18)17-9-6-12-21-13-17/h3-13,19,22H,14-15H2,1-2H3. The van der Waals surface area contributed by atoms with Crippen LogP contribution < -0.4 is 5.32 Å². The summed E-state index contributed by atoms with van der Waals surface area (Å²) in [6, 6.07) is 18.7. The summed E-state index contributed by atoms with van der Waals surface area (Å²) in [5.74, 6) is 1.78. The van der Waals surface area contributed by atoms with E-state index in [0.717, 1.165) is 23.6 Å². The highest BCUT2D eigenvalue weighted by Gasteiger charge is 2.13. The van der Waals surface area contributed by atoms with E-state index in [9.17, 15) is 0 Å². The van der Waals surface area contributed by atoms with E-state index in [2.05, 4.69) is 53.6 Å². The molecule has 0 radical (unpaired) electrons. The van der Waals surface area contributed by atoms with Crippen molar-refractivity contribution in [3.8, 4) is 11.3 Å². The number of furan rings is 1. The van der Waals surface area contributed by atoms with Gasteiger partial charge in [-0.05, 0) is 43.9 Å². The van der Waals surface area contributed by atoms with E-state index in [4.69, 9.17) is 4.42 Å². The maximum Gasteiger partial charge on any atom is 0.135 e. The van der Waals surface area contributed by atoms with Gasteiger partial charge in [0.15, 0.2) is 0 Å². The number of pyridine rings is 1. The van der Waals surface area contributed by atoms with E-state index < -0.39 is 0 Å². The lowest BCUT2D eigenvalue weighted by atomic mass is 10.1. The Morgan fingerprint density at radius 1 is 1.04 bits per heavy atom. The lowest BCUT2D eigenvalue weighted by Gasteiger charge is -2.22. The number of hydrogen-bond acceptors (Lipinski definition) is 4. The number of rotatable bonds is 7. The van der Waals surface area contributed by atoms with Crippen molar-refractivity contribution in [3.05, 3.63) is 78.3 Å². The van der Waals surface area contributed by atoms with E-state index in [-0.39, 0.29) is 6.04 Å². The third-order valence-corrected chi connectivity index (χ3v) is 3.88. The highest BCUT2D eigenvalue weighted by atomic mass is 16.3. The second-order valence-electron chi connectivity index (χ2n) is 6.11. The molecule has 0 amide bonds. The Morgan fingerprint density at radius 3 is 2.58 bits per heavy atom. The number of aromatic nitrogens is 1. The fourth-order valence-electron chi connectivity index (χ4n) is 2.70. The van der Waals surface area contributed by atoms with Crippen molar-refractivity contribution in [3.63, 3.8) is 0 Å². The molecule has 0 saturated carbocycles. The Bertz CT molecular complexity index is 738. The van der Waals surface area contributed by atoms with E-state index in [1.807, 2.05) is 36.5 Å². The number of nitrogens with zero attached hydrogens (tertiary/aromatic N) is 2. The highest BCUT2D eigenvalue weighted by Crippen LogP contribution is 2.22. The molecule has 0 fully saturated rings. The third-order valence-electron chi connectivity index (χ3n) is 3.88. The van der Waals surface area contributed by atoms with Crippen LogP contribution in [-0.2, 0) is 6.54 Å². The van der Waals surface area contributed by atoms with Gasteiger partial charge in [0.05, 0.1) is 6.54 Å². The maximum atomic E-state index is 5.94. The number of hydrogen-bond donors (Lipinski definition) is 1. The highest BCUT2D eigenvalue weighted by molar-refractivity contribution is 5.55. The lowest BCUT2D eigenvalue weighted by Crippen LogP contribution is -2.30. The SMILES string of the molecule is CN(C)CC(NCc1ccc(-c2cccnc2)o1)c1ccccc1. The summed E-state index contributed by atoms with van der Waals surface area (Å²) < 4.78 is 5.94. The molecule has 2 heterocycles. The van der Waals surface area contributed by atoms with Crippen LogP contribution in [0.5, 0.6) is 0 Å². The molecule has 2 aromatic heterocycles. The van der Waals surface area contributed by atoms with Crippen molar-refractivity contribution in [2.75, 3.05) is 20.6 Å². The van der Waals surface area contributed by atoms with E-state index in [0.29, 0.717) is 6.54 Å². The predicted molar refractivity (Wildman–Crippen MR) is 96.5 cm³/mol. The summed E-state index contributed by atoms with van der Waals surface area (Å²) in [6.45, 7) is 1.62. The topological polar surface area (TPSA) is 41.3 Å². The molecule has 24 heavy (non-hydrogen) atoms. The molecule has 0 bridgehead atoms. The average molecular weight is 321 g/mol. The van der Waals surface area contributed by atoms with Crippen LogP contribution in [0.25, 0.3) is 11.3 Å². The van der Waals surface area contributed by atoms with Crippen LogP contribution in [0.4, 0.5) is 0 Å². The summed E-state index contributed by atoms with van der Waals surface area (Å²) in [6.07, 6.45) is 3.58. The van der Waals surface area contributed by atoms with Crippen molar-refractivity contribution in [1.29, 1.82) is 0 Å². The molecule has 0 aliphatic rings. The van der Waals surface area contributed by atoms with Gasteiger partial charge in [0.2, 0.25) is 0 Å². The molecule has 0 aliphatic heterocycles. The Labute approximate surface area is 143 Å². The van der Waals surface area contributed by atoms with E-state index in [1.54, 1.807) is 6.20 Å². The molecule has 124 valence electrons. The van der Waals surface area contributed by atoms with E-state index >= 15 is 0 Å². The molecular formula is C20H23N3O. The molecule has 0 saturated heterocycles. The van der Waals surface area contributed by atoms with Crippen molar-refractivity contribution in [1.82, 2.24) is 15.2 Å². The first kappa shape index (κ1) is 16.4. The van der Waals surface area contributed by atoms with Crippen LogP contribution in [0.15, 0.2) is 71.4 Å². The Hall–Kier alpha value is -2.43. The zero-order valence-electron chi connectivity index (χ0n) is 14.1. The predicted octanol–water partition coefficient (Wildman–Crippen LogP) is 3.73. The third kappa shape index (κ3) is 4.31. The van der Waals surface area contributed by atoms with Gasteiger partial charge in [0.25, 0.3) is 0 Å². The van der Waals surface area contributed by atoms with Crippen LogP contribution in [0, 0.1) is 0 Å². The second kappa shape index (κ2) is 7.90. The minimum atomic E-state index is 0.258. The lowest BCUT2D eigenvalue weighted by molar-refractivity contribution is 0.333. The number of nitrogens with one attached hydrogen (secondary N) is 1. The Morgan fingerprint density at radius 2 is 1.88 bits per heavy atom. The van der Waals surface area contributed by atoms with Crippen LogP contribution in [0.1, 0.15) is 17.4 Å². The van der Waals surface area contributed by atoms with Crippen LogP contribution in [0.2, 0.25) is 0 Å². The normalized spacial score (nSPS) is 12.5. The van der Waals surface area contributed by atoms with Gasteiger partial charge in [-0.15, -0.1) is 0 Å². The van der Waals surface area contributed by atoms with Gasteiger partial charge >= 0.3 is 0 Å². The van der Waals surface area contributed by atoms with Gasteiger partial charge in [-0.2, -0.15) is 0 Å². The first-order valence-electron chi connectivity index (χ1n) is 8.14. The van der Waals surface area contributed by atoms with Gasteiger partial charge in [-0.3, -0.25) is 4.98 Å². The Balaban J connectivity index is 1.68. The van der Waals surface area contributed by atoms with Crippen LogP contribution in [0.3, 0.4) is 0 Å². The van der Waals surface area contributed by atoms with Crippen molar-refractivity contribution >= 4 is 0 Å². The van der Waals surface area contributed by atoms with Gasteiger partial charge < -0.3 is 14.6 Å². The van der Waals surface area contributed by atoms with Crippen LogP contribution in [-0.4, -0.2) is 30.5 Å². The quantitative estimate of drug-likeness (QED) is 0.720. The molecule has 1 N–H and O–H groups in total. The number of benzene rings is 1. The second-order valence-corrected chi connectivity index (χ2v) is 6.11. The first-order chi connectivity index (χ1) is 11.7. The zero-order chi connectivity index (χ0) is 16.8. The molecule has 1 atom stereocenters. The minimum Gasteiger partial charge on any atom is -0.460 e. The summed E-state index contributed by atoms with van der Waals surface area (Å²) in [7, 11) is 4.18.